The van der Waals surface area contributed by atoms with E-state index in [-0.39, 0.29) is 43.0 Å². The summed E-state index contributed by atoms with van der Waals surface area (Å²) in [6, 6.07) is 2.85. The highest BCUT2D eigenvalue weighted by Gasteiger charge is 2.78. The van der Waals surface area contributed by atoms with E-state index in [1.807, 2.05) is 0 Å². The van der Waals surface area contributed by atoms with Crippen molar-refractivity contribution in [1.82, 2.24) is 0 Å². The fourth-order valence-corrected chi connectivity index (χ4v) is 9.44. The maximum atomic E-state index is 17.6. The number of alkyl halides is 2. The summed E-state index contributed by atoms with van der Waals surface area (Å²) >= 11 is 0.740. The molecule has 46 heavy (non-hydrogen) atoms. The first-order valence-electron chi connectivity index (χ1n) is 15.1. The van der Waals surface area contributed by atoms with E-state index in [1.54, 1.807) is 13.8 Å². The third kappa shape index (κ3) is 4.97. The number of halogens is 2. The average molecular weight is 663 g/mol. The van der Waals surface area contributed by atoms with Gasteiger partial charge in [0.2, 0.25) is 10.9 Å². The Bertz CT molecular complexity index is 1520. The number of carbonyl (C=O) groups excluding carboxylic acids is 5. The molecule has 3 fully saturated rings. The van der Waals surface area contributed by atoms with Crippen molar-refractivity contribution >= 4 is 40.6 Å². The highest BCUT2D eigenvalue weighted by Crippen LogP contribution is 2.72. The van der Waals surface area contributed by atoms with E-state index in [1.165, 1.54) is 50.5 Å². The molecule has 4 aliphatic rings. The Hall–Kier alpha value is -3.58. The van der Waals surface area contributed by atoms with Crippen molar-refractivity contribution in [1.29, 1.82) is 0 Å². The van der Waals surface area contributed by atoms with Crippen LogP contribution in [0.1, 0.15) is 57.5 Å². The SMILES string of the molecule is CCOC(=O)C(=O)O/C=C/CSC(=O)[C@@]1(OC(=O)c2ccco2)[C@H](C)C[C@H]2[C@@H]3C[C@H](F)C4=CC(=O)C=C[C@]4(C)[C@@]3(F)[C@@H](O)C[C@@]21C. The first-order chi connectivity index (χ1) is 21.7. The third-order valence-electron chi connectivity index (χ3n) is 10.5. The number of hydrogen-bond donors (Lipinski definition) is 1. The quantitative estimate of drug-likeness (QED) is 0.189. The fraction of sp³-hybridized carbons (Fsp3) is 0.545. The number of ether oxygens (including phenoxy) is 3. The first-order valence-corrected chi connectivity index (χ1v) is 16.1. The maximum Gasteiger partial charge on any atom is 0.422 e. The number of hydrogen-bond acceptors (Lipinski definition) is 11. The minimum absolute atomic E-state index is 0.0166. The van der Waals surface area contributed by atoms with E-state index >= 15 is 8.78 Å². The first kappa shape index (κ1) is 33.8. The number of aliphatic hydroxyl groups excluding tert-OH is 1. The van der Waals surface area contributed by atoms with Crippen molar-refractivity contribution in [2.24, 2.45) is 28.6 Å². The highest BCUT2D eigenvalue weighted by molar-refractivity contribution is 8.14. The summed E-state index contributed by atoms with van der Waals surface area (Å²) in [7, 11) is 0. The van der Waals surface area contributed by atoms with Gasteiger partial charge in [-0.25, -0.2) is 23.2 Å². The maximum absolute atomic E-state index is 17.6. The smallest absolute Gasteiger partial charge is 0.422 e. The molecule has 5 rings (SSSR count). The van der Waals surface area contributed by atoms with Crippen LogP contribution in [0.25, 0.3) is 0 Å². The van der Waals surface area contributed by atoms with E-state index in [0.29, 0.717) is 0 Å². The van der Waals surface area contributed by atoms with Gasteiger partial charge in [-0.3, -0.25) is 9.59 Å². The van der Waals surface area contributed by atoms with Crippen LogP contribution < -0.4 is 0 Å². The van der Waals surface area contributed by atoms with Crippen LogP contribution in [0.15, 0.2) is 59.0 Å². The van der Waals surface area contributed by atoms with Crippen LogP contribution in [0.2, 0.25) is 0 Å². The molecule has 1 N–H and O–H groups in total. The molecule has 0 saturated heterocycles. The molecular formula is C33H36F2O10S. The van der Waals surface area contributed by atoms with Crippen molar-refractivity contribution < 1.29 is 56.5 Å². The molecule has 1 aromatic rings. The van der Waals surface area contributed by atoms with Gasteiger partial charge in [0, 0.05) is 28.4 Å². The summed E-state index contributed by atoms with van der Waals surface area (Å²) < 4.78 is 54.2. The normalized spacial score (nSPS) is 37.9. The topological polar surface area (TPSA) is 146 Å². The Kier molecular flexibility index (Phi) is 8.97. The van der Waals surface area contributed by atoms with Crippen molar-refractivity contribution in [3.63, 3.8) is 0 Å². The summed E-state index contributed by atoms with van der Waals surface area (Å²) in [4.78, 5) is 63.0. The van der Waals surface area contributed by atoms with Gasteiger partial charge in [-0.1, -0.05) is 31.7 Å². The molecular weight excluding hydrogens is 626 g/mol. The van der Waals surface area contributed by atoms with E-state index in [2.05, 4.69) is 4.74 Å². The number of aliphatic hydroxyl groups is 1. The van der Waals surface area contributed by atoms with Crippen LogP contribution in [0.5, 0.6) is 0 Å². The van der Waals surface area contributed by atoms with Crippen molar-refractivity contribution in [2.45, 2.75) is 70.5 Å². The van der Waals surface area contributed by atoms with Gasteiger partial charge in [-0.15, -0.1) is 0 Å². The fourth-order valence-electron chi connectivity index (χ4n) is 8.43. The molecule has 1 aromatic heterocycles. The van der Waals surface area contributed by atoms with Gasteiger partial charge >= 0.3 is 17.9 Å². The Morgan fingerprint density at radius 1 is 1.17 bits per heavy atom. The number of rotatable bonds is 7. The van der Waals surface area contributed by atoms with Gasteiger partial charge in [0.1, 0.15) is 6.17 Å². The number of allylic oxidation sites excluding steroid dienone is 4. The lowest BCUT2D eigenvalue weighted by molar-refractivity contribution is -0.221. The standard InChI is InChI=1S/C33H36F2O10S/c1-5-42-27(39)28(40)44-12-7-13-46-29(41)33(45-26(38)24-8-6-11-43-24)18(2)14-20-21-16-23(34)22-15-19(36)9-10-30(22,3)32(21,35)25(37)17-31(20,33)4/h6-12,15,18,20-21,23,25,37H,5,13-14,16-17H2,1-4H3/b12-7+/t18-,20+,21+,23+,25+,30+,31+,32+,33+/m1/s1. The predicted octanol–water partition coefficient (Wildman–Crippen LogP) is 4.62. The van der Waals surface area contributed by atoms with Gasteiger partial charge < -0.3 is 23.7 Å². The molecule has 0 amide bonds. The van der Waals surface area contributed by atoms with Crippen LogP contribution in [0, 0.1) is 28.6 Å². The zero-order valence-electron chi connectivity index (χ0n) is 25.8. The molecule has 3 saturated carbocycles. The van der Waals surface area contributed by atoms with E-state index < -0.39 is 80.9 Å². The summed E-state index contributed by atoms with van der Waals surface area (Å²) in [5.41, 5.74) is -7.29. The summed E-state index contributed by atoms with van der Waals surface area (Å²) in [6.45, 7) is 6.35. The molecule has 0 aromatic carbocycles. The van der Waals surface area contributed by atoms with Gasteiger partial charge in [-0.2, -0.15) is 0 Å². The summed E-state index contributed by atoms with van der Waals surface area (Å²) in [6.07, 6.45) is 3.28. The number of fused-ring (bicyclic) bond motifs is 5. The molecule has 0 aliphatic heterocycles. The molecule has 10 nitrogen and oxygen atoms in total. The number of carbonyl (C=O) groups is 5. The van der Waals surface area contributed by atoms with Crippen molar-refractivity contribution in [3.8, 4) is 0 Å². The average Bonchev–Trinajstić information content (AvgIpc) is 3.62. The van der Waals surface area contributed by atoms with Crippen molar-refractivity contribution in [3.05, 3.63) is 60.3 Å². The Morgan fingerprint density at radius 3 is 2.59 bits per heavy atom. The van der Waals surface area contributed by atoms with E-state index in [4.69, 9.17) is 13.9 Å². The second-order valence-corrected chi connectivity index (χ2v) is 13.7. The van der Waals surface area contributed by atoms with Gasteiger partial charge in [-0.05, 0) is 75.0 Å². The molecule has 248 valence electrons. The largest absolute Gasteiger partial charge is 0.458 e. The Balaban J connectivity index is 1.49. The number of furan rings is 1. The number of ketones is 1. The second kappa shape index (κ2) is 12.2. The molecule has 13 heteroatoms. The molecule has 0 spiro atoms. The van der Waals surface area contributed by atoms with Crippen molar-refractivity contribution in [2.75, 3.05) is 12.4 Å². The lowest BCUT2D eigenvalue weighted by atomic mass is 9.44. The zero-order chi connectivity index (χ0) is 33.7. The van der Waals surface area contributed by atoms with E-state index in [0.717, 1.165) is 24.1 Å². The minimum Gasteiger partial charge on any atom is -0.458 e. The predicted molar refractivity (Wildman–Crippen MR) is 159 cm³/mol. The van der Waals surface area contributed by atoms with Gasteiger partial charge in [0.05, 0.1) is 25.2 Å². The lowest BCUT2D eigenvalue weighted by Crippen LogP contribution is -2.70. The van der Waals surface area contributed by atoms with Crippen LogP contribution in [-0.2, 0) is 33.4 Å². The number of esters is 3. The van der Waals surface area contributed by atoms with Crippen LogP contribution in [-0.4, -0.2) is 69.8 Å². The second-order valence-electron chi connectivity index (χ2n) is 12.7. The zero-order valence-corrected chi connectivity index (χ0v) is 26.6. The summed E-state index contributed by atoms with van der Waals surface area (Å²) in [5.74, 6) is -6.56. The Morgan fingerprint density at radius 2 is 1.91 bits per heavy atom. The third-order valence-corrected chi connectivity index (χ3v) is 11.4. The minimum atomic E-state index is -2.38. The van der Waals surface area contributed by atoms with Gasteiger partial charge in [0.15, 0.2) is 17.1 Å². The van der Waals surface area contributed by atoms with Crippen LogP contribution in [0.4, 0.5) is 8.78 Å². The van der Waals surface area contributed by atoms with Crippen LogP contribution >= 0.6 is 11.8 Å². The lowest BCUT2D eigenvalue weighted by Gasteiger charge is -2.63. The Labute approximate surface area is 268 Å². The monoisotopic (exact) mass is 662 g/mol. The van der Waals surface area contributed by atoms with E-state index in [9.17, 15) is 29.1 Å². The molecule has 4 aliphatic carbocycles. The van der Waals surface area contributed by atoms with Crippen LogP contribution in [0.3, 0.4) is 0 Å². The molecule has 0 bridgehead atoms. The number of thioether (sulfide) groups is 1. The molecule has 0 radical (unpaired) electrons. The highest BCUT2D eigenvalue weighted by atomic mass is 32.2. The molecule has 9 atom stereocenters. The van der Waals surface area contributed by atoms with Gasteiger partial charge in [0.25, 0.3) is 0 Å². The molecule has 0 unspecified atom stereocenters. The summed E-state index contributed by atoms with van der Waals surface area (Å²) in [5, 5.41) is 11.1. The molecule has 1 heterocycles.